The Labute approximate surface area is 297 Å². The topological polar surface area (TPSA) is 81.2 Å². The first-order chi connectivity index (χ1) is 21.8. The fourth-order valence-electron chi connectivity index (χ4n) is 9.10. The molecule has 0 aromatic carbocycles. The molecular weight excluding hydrogens is 592 g/mol. The van der Waals surface area contributed by atoms with Crippen LogP contribution in [-0.4, -0.2) is 78.8 Å². The Morgan fingerprint density at radius 3 is 1.65 bits per heavy atom. The van der Waals surface area contributed by atoms with Gasteiger partial charge in [-0.05, 0) is 135 Å². The summed E-state index contributed by atoms with van der Waals surface area (Å²) in [5.74, 6) is 2.40. The molecule has 0 amide bonds. The molecule has 2 aliphatic heterocycles. The summed E-state index contributed by atoms with van der Waals surface area (Å²) in [7, 11) is 0. The summed E-state index contributed by atoms with van der Waals surface area (Å²) in [4.78, 5) is 20.7. The van der Waals surface area contributed by atoms with Crippen LogP contribution in [0, 0.1) is 0 Å². The van der Waals surface area contributed by atoms with Crippen LogP contribution in [0.3, 0.4) is 0 Å². The molecule has 1 aromatic rings. The van der Waals surface area contributed by atoms with Crippen LogP contribution in [-0.2, 0) is 5.41 Å². The molecule has 3 rings (SSSR count). The zero-order chi connectivity index (χ0) is 36.3. The van der Waals surface area contributed by atoms with Gasteiger partial charge in [0, 0.05) is 57.8 Å². The minimum atomic E-state index is -0.178. The molecule has 2 saturated heterocycles. The van der Waals surface area contributed by atoms with Crippen molar-refractivity contribution in [2.45, 2.75) is 226 Å². The minimum Gasteiger partial charge on any atom is -0.349 e. The van der Waals surface area contributed by atoms with E-state index in [0.29, 0.717) is 24.1 Å². The maximum Gasteiger partial charge on any atom is 0.230 e. The predicted molar refractivity (Wildman–Crippen MR) is 207 cm³/mol. The standard InChI is InChI=1S/C40H78N8/c1-17-22-36(7,8)44-33-41-32(35(4,5)6)42-34(43-33)48(31-27-39(13,14)46-40(15,16)28-31)24-21-19-18-20-23-47(29(2)3)30-25-37(9,10)45-38(11,12)26-30/h29-31,45-46H,17-28H2,1-16H3,(H,41,42,43,44). The van der Waals surface area contributed by atoms with Crippen molar-refractivity contribution in [3.63, 3.8) is 0 Å². The van der Waals surface area contributed by atoms with E-state index in [4.69, 9.17) is 15.0 Å². The highest BCUT2D eigenvalue weighted by Crippen LogP contribution is 2.35. The molecule has 278 valence electrons. The van der Waals surface area contributed by atoms with Crippen molar-refractivity contribution < 1.29 is 0 Å². The highest BCUT2D eigenvalue weighted by atomic mass is 15.3. The Bertz CT molecular complexity index is 1130. The molecule has 0 bridgehead atoms. The number of nitrogens with one attached hydrogen (secondary N) is 3. The van der Waals surface area contributed by atoms with Crippen molar-refractivity contribution >= 4 is 11.9 Å². The van der Waals surface area contributed by atoms with Gasteiger partial charge in [0.25, 0.3) is 0 Å². The highest BCUT2D eigenvalue weighted by Gasteiger charge is 2.42. The van der Waals surface area contributed by atoms with Gasteiger partial charge in [-0.3, -0.25) is 4.90 Å². The van der Waals surface area contributed by atoms with E-state index < -0.39 is 0 Å². The number of rotatable bonds is 15. The molecule has 3 heterocycles. The molecule has 0 unspecified atom stereocenters. The summed E-state index contributed by atoms with van der Waals surface area (Å²) in [6.45, 7) is 39.1. The van der Waals surface area contributed by atoms with Crippen LogP contribution < -0.4 is 20.9 Å². The van der Waals surface area contributed by atoms with Gasteiger partial charge in [0.05, 0.1) is 0 Å². The molecule has 1 aromatic heterocycles. The van der Waals surface area contributed by atoms with Crippen molar-refractivity contribution in [2.75, 3.05) is 23.3 Å². The molecule has 8 nitrogen and oxygen atoms in total. The third-order valence-electron chi connectivity index (χ3n) is 10.4. The van der Waals surface area contributed by atoms with E-state index in [-0.39, 0.29) is 33.1 Å². The molecule has 0 radical (unpaired) electrons. The first kappa shape index (κ1) is 40.9. The average molecular weight is 671 g/mol. The van der Waals surface area contributed by atoms with Gasteiger partial charge in [0.15, 0.2) is 0 Å². The number of hydrogen-bond acceptors (Lipinski definition) is 8. The second-order valence-electron chi connectivity index (χ2n) is 20.1. The number of anilines is 2. The Morgan fingerprint density at radius 2 is 1.19 bits per heavy atom. The summed E-state index contributed by atoms with van der Waals surface area (Å²) in [6.07, 6.45) is 11.6. The lowest BCUT2D eigenvalue weighted by Gasteiger charge is -2.50. The van der Waals surface area contributed by atoms with Gasteiger partial charge < -0.3 is 20.9 Å². The predicted octanol–water partition coefficient (Wildman–Crippen LogP) is 8.86. The van der Waals surface area contributed by atoms with E-state index in [1.54, 1.807) is 0 Å². The van der Waals surface area contributed by atoms with Crippen LogP contribution in [0.4, 0.5) is 11.9 Å². The molecule has 2 fully saturated rings. The van der Waals surface area contributed by atoms with Crippen LogP contribution in [0.1, 0.15) is 181 Å². The second-order valence-corrected chi connectivity index (χ2v) is 20.1. The summed E-state index contributed by atoms with van der Waals surface area (Å²) in [6, 6.07) is 1.54. The zero-order valence-electron chi connectivity index (χ0n) is 34.5. The second kappa shape index (κ2) is 15.4. The van der Waals surface area contributed by atoms with Crippen LogP contribution in [0.2, 0.25) is 0 Å². The normalized spacial score (nSPS) is 21.5. The maximum absolute atomic E-state index is 5.22. The van der Waals surface area contributed by atoms with Gasteiger partial charge >= 0.3 is 0 Å². The van der Waals surface area contributed by atoms with E-state index in [0.717, 1.165) is 50.4 Å². The summed E-state index contributed by atoms with van der Waals surface area (Å²) in [5.41, 5.74) is 0.144. The number of nitrogens with zero attached hydrogens (tertiary/aromatic N) is 5. The molecule has 3 N–H and O–H groups in total. The lowest BCUT2D eigenvalue weighted by molar-refractivity contribution is 0.0466. The molecule has 0 aliphatic carbocycles. The van der Waals surface area contributed by atoms with E-state index in [2.05, 4.69) is 137 Å². The molecule has 0 saturated carbocycles. The quantitative estimate of drug-likeness (QED) is 0.160. The first-order valence-corrected chi connectivity index (χ1v) is 19.5. The monoisotopic (exact) mass is 671 g/mol. The number of unbranched alkanes of at least 4 members (excludes halogenated alkanes) is 3. The lowest BCUT2D eigenvalue weighted by atomic mass is 9.78. The van der Waals surface area contributed by atoms with Crippen LogP contribution >= 0.6 is 0 Å². The van der Waals surface area contributed by atoms with Crippen molar-refractivity contribution in [1.82, 2.24) is 30.5 Å². The Kier molecular flexibility index (Phi) is 13.1. The van der Waals surface area contributed by atoms with Crippen LogP contribution in [0.25, 0.3) is 0 Å². The Balaban J connectivity index is 1.79. The largest absolute Gasteiger partial charge is 0.349 e. The SMILES string of the molecule is CCCC(C)(C)Nc1nc(N(CCCCCCN(C(C)C)C2CC(C)(C)NC(C)(C)C2)C2CC(C)(C)NC(C)(C)C2)nc(C(C)(C)C)n1. The third kappa shape index (κ3) is 12.4. The van der Waals surface area contributed by atoms with Crippen molar-refractivity contribution in [3.05, 3.63) is 5.82 Å². The Hall–Kier alpha value is -1.51. The van der Waals surface area contributed by atoms with E-state index in [1.165, 1.54) is 38.6 Å². The first-order valence-electron chi connectivity index (χ1n) is 19.5. The minimum absolute atomic E-state index is 0.0345. The average Bonchev–Trinajstić information content (AvgIpc) is 2.85. The van der Waals surface area contributed by atoms with E-state index in [9.17, 15) is 0 Å². The van der Waals surface area contributed by atoms with E-state index in [1.807, 2.05) is 0 Å². The molecule has 0 spiro atoms. The third-order valence-corrected chi connectivity index (χ3v) is 10.4. The van der Waals surface area contributed by atoms with Gasteiger partial charge in [-0.15, -0.1) is 0 Å². The number of hydrogen-bond donors (Lipinski definition) is 3. The zero-order valence-corrected chi connectivity index (χ0v) is 34.5. The number of piperidine rings is 2. The molecule has 8 heteroatoms. The van der Waals surface area contributed by atoms with Crippen molar-refractivity contribution in [2.24, 2.45) is 0 Å². The fourth-order valence-corrected chi connectivity index (χ4v) is 9.10. The van der Waals surface area contributed by atoms with Crippen LogP contribution in [0.5, 0.6) is 0 Å². The smallest absolute Gasteiger partial charge is 0.230 e. The molecule has 0 atom stereocenters. The highest BCUT2D eigenvalue weighted by molar-refractivity contribution is 5.41. The van der Waals surface area contributed by atoms with Crippen molar-refractivity contribution in [3.8, 4) is 0 Å². The van der Waals surface area contributed by atoms with E-state index >= 15 is 0 Å². The lowest BCUT2D eigenvalue weighted by Crippen LogP contribution is -2.63. The molecule has 48 heavy (non-hydrogen) atoms. The van der Waals surface area contributed by atoms with Gasteiger partial charge in [0.2, 0.25) is 11.9 Å². The summed E-state index contributed by atoms with van der Waals surface area (Å²) >= 11 is 0. The summed E-state index contributed by atoms with van der Waals surface area (Å²) in [5, 5.41) is 11.5. The van der Waals surface area contributed by atoms with Gasteiger partial charge in [-0.2, -0.15) is 15.0 Å². The van der Waals surface area contributed by atoms with Crippen LogP contribution in [0.15, 0.2) is 0 Å². The maximum atomic E-state index is 5.22. The Morgan fingerprint density at radius 1 is 0.708 bits per heavy atom. The van der Waals surface area contributed by atoms with Gasteiger partial charge in [-0.1, -0.05) is 47.0 Å². The van der Waals surface area contributed by atoms with Gasteiger partial charge in [-0.25, -0.2) is 0 Å². The number of aromatic nitrogens is 3. The molecule has 2 aliphatic rings. The fraction of sp³-hybridized carbons (Fsp3) is 0.925. The van der Waals surface area contributed by atoms with Crippen molar-refractivity contribution in [1.29, 1.82) is 0 Å². The molecular formula is C40H78N8. The summed E-state index contributed by atoms with van der Waals surface area (Å²) < 4.78 is 0. The van der Waals surface area contributed by atoms with Gasteiger partial charge in [0.1, 0.15) is 5.82 Å².